The van der Waals surface area contributed by atoms with E-state index in [1.807, 2.05) is 18.2 Å². The van der Waals surface area contributed by atoms with Crippen LogP contribution >= 0.6 is 0 Å². The highest BCUT2D eigenvalue weighted by atomic mass is 16.2. The van der Waals surface area contributed by atoms with Crippen LogP contribution in [-0.2, 0) is 4.79 Å². The third kappa shape index (κ3) is 3.07. The van der Waals surface area contributed by atoms with Crippen molar-refractivity contribution in [1.82, 2.24) is 10.6 Å². The Morgan fingerprint density at radius 2 is 2.24 bits per heavy atom. The quantitative estimate of drug-likeness (QED) is 0.833. The maximum atomic E-state index is 12.0. The van der Waals surface area contributed by atoms with Gasteiger partial charge in [0.1, 0.15) is 0 Å². The Bertz CT molecular complexity index is 358. The lowest BCUT2D eigenvalue weighted by Crippen LogP contribution is -2.41. The fraction of sp³-hybridized carbons (Fsp3) is 0.500. The monoisotopic (exact) mass is 232 g/mol. The van der Waals surface area contributed by atoms with Gasteiger partial charge >= 0.3 is 0 Å². The normalized spacial score (nSPS) is 21.1. The number of amides is 1. The lowest BCUT2D eigenvalue weighted by atomic mass is 10.0. The van der Waals surface area contributed by atoms with Gasteiger partial charge in [0.25, 0.3) is 0 Å². The van der Waals surface area contributed by atoms with Crippen LogP contribution in [0.4, 0.5) is 0 Å². The summed E-state index contributed by atoms with van der Waals surface area (Å²) < 4.78 is 0. The van der Waals surface area contributed by atoms with E-state index in [4.69, 9.17) is 0 Å². The molecule has 0 aliphatic carbocycles. The van der Waals surface area contributed by atoms with Crippen LogP contribution in [-0.4, -0.2) is 18.5 Å². The van der Waals surface area contributed by atoms with Crippen LogP contribution in [0, 0.1) is 0 Å². The number of hydrogen-bond donors (Lipinski definition) is 2. The predicted molar refractivity (Wildman–Crippen MR) is 68.6 cm³/mol. The maximum Gasteiger partial charge on any atom is 0.237 e. The number of rotatable bonds is 4. The molecule has 1 fully saturated rings. The zero-order valence-corrected chi connectivity index (χ0v) is 10.3. The molecule has 1 aromatic carbocycles. The van der Waals surface area contributed by atoms with Gasteiger partial charge in [0.15, 0.2) is 0 Å². The van der Waals surface area contributed by atoms with E-state index in [0.29, 0.717) is 0 Å². The summed E-state index contributed by atoms with van der Waals surface area (Å²) in [4.78, 5) is 12.0. The minimum absolute atomic E-state index is 0.00719. The molecule has 0 spiro atoms. The zero-order chi connectivity index (χ0) is 12.1. The van der Waals surface area contributed by atoms with E-state index in [-0.39, 0.29) is 18.0 Å². The first kappa shape index (κ1) is 12.1. The highest BCUT2D eigenvalue weighted by Crippen LogP contribution is 2.16. The standard InChI is InChI=1S/C14H20N2O/c1-2-12(11-7-4-3-5-8-11)16-14(17)13-9-6-10-15-13/h3-5,7-8,12-13,15H,2,6,9-10H2,1H3,(H,16,17)/t12-,13+/m1/s1. The van der Waals surface area contributed by atoms with Gasteiger partial charge in [-0.3, -0.25) is 4.79 Å². The molecule has 1 saturated heterocycles. The van der Waals surface area contributed by atoms with Gasteiger partial charge in [-0.1, -0.05) is 37.3 Å². The summed E-state index contributed by atoms with van der Waals surface area (Å²) in [6, 6.07) is 10.3. The molecule has 0 saturated carbocycles. The minimum atomic E-state index is 0.00719. The third-order valence-corrected chi connectivity index (χ3v) is 3.30. The Balaban J connectivity index is 1.97. The molecule has 1 aromatic rings. The van der Waals surface area contributed by atoms with Crippen LogP contribution in [0.3, 0.4) is 0 Å². The molecule has 17 heavy (non-hydrogen) atoms. The summed E-state index contributed by atoms with van der Waals surface area (Å²) in [5.41, 5.74) is 1.18. The van der Waals surface area contributed by atoms with Gasteiger partial charge in [0.2, 0.25) is 5.91 Å². The van der Waals surface area contributed by atoms with E-state index >= 15 is 0 Å². The fourth-order valence-corrected chi connectivity index (χ4v) is 2.29. The Kier molecular flexibility index (Phi) is 4.15. The van der Waals surface area contributed by atoms with Crippen LogP contribution in [0.2, 0.25) is 0 Å². The summed E-state index contributed by atoms with van der Waals surface area (Å²) >= 11 is 0. The molecule has 3 heteroatoms. The van der Waals surface area contributed by atoms with Gasteiger partial charge in [0, 0.05) is 0 Å². The van der Waals surface area contributed by atoms with Crippen molar-refractivity contribution in [3.63, 3.8) is 0 Å². The first-order valence-electron chi connectivity index (χ1n) is 6.40. The van der Waals surface area contributed by atoms with E-state index in [0.717, 1.165) is 25.8 Å². The fourth-order valence-electron chi connectivity index (χ4n) is 2.29. The largest absolute Gasteiger partial charge is 0.348 e. The molecule has 92 valence electrons. The summed E-state index contributed by atoms with van der Waals surface area (Å²) in [6.07, 6.45) is 2.97. The summed E-state index contributed by atoms with van der Waals surface area (Å²) in [5.74, 6) is 0.137. The van der Waals surface area contributed by atoms with E-state index in [9.17, 15) is 4.79 Å². The van der Waals surface area contributed by atoms with Crippen molar-refractivity contribution in [3.05, 3.63) is 35.9 Å². The highest BCUT2D eigenvalue weighted by molar-refractivity contribution is 5.82. The summed E-state index contributed by atoms with van der Waals surface area (Å²) in [5, 5.41) is 6.35. The van der Waals surface area contributed by atoms with Crippen molar-refractivity contribution in [3.8, 4) is 0 Å². The first-order chi connectivity index (χ1) is 8.31. The predicted octanol–water partition coefficient (Wildman–Crippen LogP) is 2.01. The first-order valence-corrected chi connectivity index (χ1v) is 6.40. The van der Waals surface area contributed by atoms with E-state index in [1.54, 1.807) is 0 Å². The topological polar surface area (TPSA) is 41.1 Å². The Morgan fingerprint density at radius 3 is 2.82 bits per heavy atom. The highest BCUT2D eigenvalue weighted by Gasteiger charge is 2.23. The Morgan fingerprint density at radius 1 is 1.47 bits per heavy atom. The molecule has 1 aliphatic heterocycles. The Labute approximate surface area is 103 Å². The molecule has 0 unspecified atom stereocenters. The lowest BCUT2D eigenvalue weighted by Gasteiger charge is -2.20. The Hall–Kier alpha value is -1.35. The molecule has 0 bridgehead atoms. The van der Waals surface area contributed by atoms with Crippen molar-refractivity contribution in [2.45, 2.75) is 38.3 Å². The second-order valence-electron chi connectivity index (χ2n) is 4.53. The smallest absolute Gasteiger partial charge is 0.237 e. The van der Waals surface area contributed by atoms with Crippen molar-refractivity contribution in [2.75, 3.05) is 6.54 Å². The summed E-state index contributed by atoms with van der Waals surface area (Å²) in [7, 11) is 0. The third-order valence-electron chi connectivity index (χ3n) is 3.30. The molecule has 0 radical (unpaired) electrons. The SMILES string of the molecule is CC[C@@H](NC(=O)[C@@H]1CCCN1)c1ccccc1. The van der Waals surface area contributed by atoms with Gasteiger partial charge < -0.3 is 10.6 Å². The average molecular weight is 232 g/mol. The number of nitrogens with one attached hydrogen (secondary N) is 2. The molecule has 1 heterocycles. The molecule has 1 amide bonds. The molecule has 2 rings (SSSR count). The van der Waals surface area contributed by atoms with E-state index < -0.39 is 0 Å². The molecule has 2 atom stereocenters. The van der Waals surface area contributed by atoms with Gasteiger partial charge in [-0.15, -0.1) is 0 Å². The molecule has 0 aromatic heterocycles. The number of carbonyl (C=O) groups is 1. The van der Waals surface area contributed by atoms with Gasteiger partial charge in [-0.25, -0.2) is 0 Å². The molecule has 1 aliphatic rings. The molecular weight excluding hydrogens is 212 g/mol. The van der Waals surface area contributed by atoms with Gasteiger partial charge in [-0.2, -0.15) is 0 Å². The summed E-state index contributed by atoms with van der Waals surface area (Å²) in [6.45, 7) is 3.06. The van der Waals surface area contributed by atoms with E-state index in [2.05, 4.69) is 29.7 Å². The zero-order valence-electron chi connectivity index (χ0n) is 10.3. The van der Waals surface area contributed by atoms with Crippen LogP contribution in [0.5, 0.6) is 0 Å². The molecule has 3 nitrogen and oxygen atoms in total. The van der Waals surface area contributed by atoms with Gasteiger partial charge in [-0.05, 0) is 31.4 Å². The maximum absolute atomic E-state index is 12.0. The lowest BCUT2D eigenvalue weighted by molar-refractivity contribution is -0.123. The molecule has 2 N–H and O–H groups in total. The van der Waals surface area contributed by atoms with Crippen LogP contribution in [0.1, 0.15) is 37.8 Å². The van der Waals surface area contributed by atoms with Gasteiger partial charge in [0.05, 0.1) is 12.1 Å². The number of carbonyl (C=O) groups excluding carboxylic acids is 1. The molecular formula is C14H20N2O. The second kappa shape index (κ2) is 5.82. The average Bonchev–Trinajstić information content (AvgIpc) is 2.90. The minimum Gasteiger partial charge on any atom is -0.348 e. The van der Waals surface area contributed by atoms with Crippen molar-refractivity contribution in [2.24, 2.45) is 0 Å². The van der Waals surface area contributed by atoms with Crippen molar-refractivity contribution in [1.29, 1.82) is 0 Å². The van der Waals surface area contributed by atoms with Crippen LogP contribution < -0.4 is 10.6 Å². The number of hydrogen-bond acceptors (Lipinski definition) is 2. The van der Waals surface area contributed by atoms with Crippen molar-refractivity contribution >= 4 is 5.91 Å². The van der Waals surface area contributed by atoms with Crippen LogP contribution in [0.25, 0.3) is 0 Å². The number of benzene rings is 1. The second-order valence-corrected chi connectivity index (χ2v) is 4.53. The van der Waals surface area contributed by atoms with Crippen LogP contribution in [0.15, 0.2) is 30.3 Å². The van der Waals surface area contributed by atoms with E-state index in [1.165, 1.54) is 5.56 Å². The van der Waals surface area contributed by atoms with Crippen molar-refractivity contribution < 1.29 is 4.79 Å².